The number of amides is 1. The molecular formula is C18H22N2O4S. The van der Waals surface area contributed by atoms with Gasteiger partial charge in [-0.15, -0.1) is 0 Å². The number of benzene rings is 2. The van der Waals surface area contributed by atoms with Crippen molar-refractivity contribution >= 4 is 21.6 Å². The molecule has 1 amide bonds. The van der Waals surface area contributed by atoms with Gasteiger partial charge in [-0.2, -0.15) is 0 Å². The van der Waals surface area contributed by atoms with Crippen molar-refractivity contribution in [1.82, 2.24) is 4.72 Å². The molecule has 0 aliphatic carbocycles. The maximum atomic E-state index is 12.3. The van der Waals surface area contributed by atoms with Gasteiger partial charge < -0.3 is 10.1 Å². The number of nitrogens with one attached hydrogen (secondary N) is 2. The zero-order valence-electron chi connectivity index (χ0n) is 14.4. The molecule has 25 heavy (non-hydrogen) atoms. The van der Waals surface area contributed by atoms with Crippen LogP contribution in [0.5, 0.6) is 0 Å². The predicted octanol–water partition coefficient (Wildman–Crippen LogP) is 2.56. The highest BCUT2D eigenvalue weighted by Gasteiger charge is 2.17. The SMILES string of the molecule is COCC(C)NS(=O)(=O)c1ccc(NC(=O)c2ccccc2C)cc1. The first kappa shape index (κ1) is 19.1. The summed E-state index contributed by atoms with van der Waals surface area (Å²) in [5.41, 5.74) is 1.97. The van der Waals surface area contributed by atoms with Crippen LogP contribution in [0.2, 0.25) is 0 Å². The molecule has 1 atom stereocenters. The minimum atomic E-state index is -3.63. The molecule has 0 aromatic heterocycles. The lowest BCUT2D eigenvalue weighted by molar-refractivity contribution is 0.102. The monoisotopic (exact) mass is 362 g/mol. The van der Waals surface area contributed by atoms with E-state index in [0.29, 0.717) is 11.3 Å². The standard InChI is InChI=1S/C18H22N2O4S/c1-13-6-4-5-7-17(13)18(21)19-15-8-10-16(11-9-15)25(22,23)20-14(2)12-24-3/h4-11,14,20H,12H2,1-3H3,(H,19,21). The van der Waals surface area contributed by atoms with Gasteiger partial charge >= 0.3 is 0 Å². The van der Waals surface area contributed by atoms with Crippen molar-refractivity contribution in [2.24, 2.45) is 0 Å². The van der Waals surface area contributed by atoms with Crippen molar-refractivity contribution < 1.29 is 17.9 Å². The van der Waals surface area contributed by atoms with Crippen molar-refractivity contribution in [3.8, 4) is 0 Å². The van der Waals surface area contributed by atoms with Gasteiger partial charge in [0.2, 0.25) is 10.0 Å². The van der Waals surface area contributed by atoms with Gasteiger partial charge in [0.05, 0.1) is 11.5 Å². The highest BCUT2D eigenvalue weighted by Crippen LogP contribution is 2.16. The van der Waals surface area contributed by atoms with E-state index in [2.05, 4.69) is 10.0 Å². The van der Waals surface area contributed by atoms with Crippen molar-refractivity contribution in [1.29, 1.82) is 0 Å². The highest BCUT2D eigenvalue weighted by molar-refractivity contribution is 7.89. The number of sulfonamides is 1. The van der Waals surface area contributed by atoms with Crippen LogP contribution in [0.1, 0.15) is 22.8 Å². The zero-order chi connectivity index (χ0) is 18.4. The molecule has 2 rings (SSSR count). The molecule has 0 bridgehead atoms. The summed E-state index contributed by atoms with van der Waals surface area (Å²) in [6, 6.07) is 13.0. The van der Waals surface area contributed by atoms with Gasteiger partial charge in [-0.3, -0.25) is 4.79 Å². The third-order valence-electron chi connectivity index (χ3n) is 3.59. The lowest BCUT2D eigenvalue weighted by Gasteiger charge is -2.13. The van der Waals surface area contributed by atoms with Crippen molar-refractivity contribution in [2.45, 2.75) is 24.8 Å². The first-order valence-corrected chi connectivity index (χ1v) is 9.30. The summed E-state index contributed by atoms with van der Waals surface area (Å²) in [6.07, 6.45) is 0. The average molecular weight is 362 g/mol. The molecule has 0 saturated carbocycles. The summed E-state index contributed by atoms with van der Waals surface area (Å²) in [5, 5.41) is 2.76. The third kappa shape index (κ3) is 5.12. The number of methoxy groups -OCH3 is 1. The normalized spacial score (nSPS) is 12.6. The summed E-state index contributed by atoms with van der Waals surface area (Å²) in [6.45, 7) is 3.86. The molecule has 0 radical (unpaired) electrons. The number of carbonyl (C=O) groups is 1. The Morgan fingerprint density at radius 3 is 2.36 bits per heavy atom. The molecular weight excluding hydrogens is 340 g/mol. The lowest BCUT2D eigenvalue weighted by atomic mass is 10.1. The van der Waals surface area contributed by atoms with Crippen LogP contribution in [0.15, 0.2) is 53.4 Å². The zero-order valence-corrected chi connectivity index (χ0v) is 15.3. The van der Waals surface area contributed by atoms with E-state index in [-0.39, 0.29) is 23.5 Å². The van der Waals surface area contributed by atoms with Crippen LogP contribution in [0.3, 0.4) is 0 Å². The van der Waals surface area contributed by atoms with E-state index in [0.717, 1.165) is 5.56 Å². The Balaban J connectivity index is 2.09. The second kappa shape index (κ2) is 8.24. The summed E-state index contributed by atoms with van der Waals surface area (Å²) in [5.74, 6) is -0.236. The van der Waals surface area contributed by atoms with E-state index < -0.39 is 10.0 Å². The Kier molecular flexibility index (Phi) is 6.30. The fourth-order valence-corrected chi connectivity index (χ4v) is 3.59. The molecule has 134 valence electrons. The van der Waals surface area contributed by atoms with Gasteiger partial charge in [-0.05, 0) is 49.7 Å². The Labute approximate surface area is 148 Å². The minimum absolute atomic E-state index is 0.129. The van der Waals surface area contributed by atoms with E-state index >= 15 is 0 Å². The Morgan fingerprint density at radius 2 is 1.76 bits per heavy atom. The number of aryl methyl sites for hydroxylation is 1. The van der Waals surface area contributed by atoms with Crippen LogP contribution in [-0.2, 0) is 14.8 Å². The molecule has 0 spiro atoms. The molecule has 2 aromatic carbocycles. The van der Waals surface area contributed by atoms with Crippen molar-refractivity contribution in [3.63, 3.8) is 0 Å². The number of hydrogen-bond donors (Lipinski definition) is 2. The van der Waals surface area contributed by atoms with E-state index in [1.165, 1.54) is 19.2 Å². The quantitative estimate of drug-likeness (QED) is 0.793. The van der Waals surface area contributed by atoms with E-state index in [4.69, 9.17) is 4.74 Å². The number of hydrogen-bond acceptors (Lipinski definition) is 4. The van der Waals surface area contributed by atoms with Gasteiger partial charge in [-0.25, -0.2) is 13.1 Å². The van der Waals surface area contributed by atoms with Crippen LogP contribution < -0.4 is 10.0 Å². The second-order valence-electron chi connectivity index (χ2n) is 5.77. The van der Waals surface area contributed by atoms with Gasteiger partial charge in [0, 0.05) is 24.4 Å². The van der Waals surface area contributed by atoms with Crippen molar-refractivity contribution in [2.75, 3.05) is 19.0 Å². The van der Waals surface area contributed by atoms with Crippen LogP contribution >= 0.6 is 0 Å². The van der Waals surface area contributed by atoms with Gasteiger partial charge in [0.15, 0.2) is 0 Å². The number of anilines is 1. The Hall–Kier alpha value is -2.22. The molecule has 0 heterocycles. The minimum Gasteiger partial charge on any atom is -0.383 e. The maximum absolute atomic E-state index is 12.3. The Morgan fingerprint density at radius 1 is 1.12 bits per heavy atom. The molecule has 0 saturated heterocycles. The molecule has 1 unspecified atom stereocenters. The number of carbonyl (C=O) groups excluding carboxylic acids is 1. The second-order valence-corrected chi connectivity index (χ2v) is 7.49. The summed E-state index contributed by atoms with van der Waals surface area (Å²) < 4.78 is 32.0. The molecule has 0 aliphatic heterocycles. The smallest absolute Gasteiger partial charge is 0.255 e. The topological polar surface area (TPSA) is 84.5 Å². The van der Waals surface area contributed by atoms with E-state index in [9.17, 15) is 13.2 Å². The molecule has 2 aromatic rings. The molecule has 6 nitrogen and oxygen atoms in total. The van der Waals surface area contributed by atoms with Crippen LogP contribution in [0.25, 0.3) is 0 Å². The average Bonchev–Trinajstić information content (AvgIpc) is 2.55. The first-order valence-electron chi connectivity index (χ1n) is 7.82. The molecule has 0 aliphatic rings. The largest absolute Gasteiger partial charge is 0.383 e. The summed E-state index contributed by atoms with van der Waals surface area (Å²) in [7, 11) is -2.12. The summed E-state index contributed by atoms with van der Waals surface area (Å²) in [4.78, 5) is 12.4. The van der Waals surface area contributed by atoms with Crippen molar-refractivity contribution in [3.05, 3.63) is 59.7 Å². The van der Waals surface area contributed by atoms with Crippen LogP contribution in [-0.4, -0.2) is 34.1 Å². The van der Waals surface area contributed by atoms with Crippen LogP contribution in [0.4, 0.5) is 5.69 Å². The first-order chi connectivity index (χ1) is 11.8. The Bertz CT molecular complexity index is 832. The number of ether oxygens (including phenoxy) is 1. The predicted molar refractivity (Wildman–Crippen MR) is 97.2 cm³/mol. The maximum Gasteiger partial charge on any atom is 0.255 e. The fourth-order valence-electron chi connectivity index (χ4n) is 2.36. The lowest BCUT2D eigenvalue weighted by Crippen LogP contribution is -2.35. The fraction of sp³-hybridized carbons (Fsp3) is 0.278. The third-order valence-corrected chi connectivity index (χ3v) is 5.19. The molecule has 2 N–H and O–H groups in total. The van der Waals surface area contributed by atoms with Gasteiger partial charge in [0.25, 0.3) is 5.91 Å². The van der Waals surface area contributed by atoms with Crippen LogP contribution in [0, 0.1) is 6.92 Å². The van der Waals surface area contributed by atoms with Gasteiger partial charge in [0.1, 0.15) is 0 Å². The number of rotatable bonds is 7. The molecule has 0 fully saturated rings. The summed E-state index contributed by atoms with van der Waals surface area (Å²) >= 11 is 0. The highest BCUT2D eigenvalue weighted by atomic mass is 32.2. The van der Waals surface area contributed by atoms with E-state index in [1.54, 1.807) is 31.2 Å². The van der Waals surface area contributed by atoms with Gasteiger partial charge in [-0.1, -0.05) is 18.2 Å². The molecule has 7 heteroatoms. The van der Waals surface area contributed by atoms with E-state index in [1.807, 2.05) is 19.1 Å².